The number of rotatable bonds is 1. The summed E-state index contributed by atoms with van der Waals surface area (Å²) in [6, 6.07) is 6.13. The first-order valence-electron chi connectivity index (χ1n) is 7.47. The van der Waals surface area contributed by atoms with Gasteiger partial charge in [-0.1, -0.05) is 6.42 Å². The molecule has 2 atom stereocenters. The Morgan fingerprint density at radius 2 is 1.95 bits per heavy atom. The molecular formula is C16H21ClN2O. The monoisotopic (exact) mass is 292 g/mol. The van der Waals surface area contributed by atoms with Crippen LogP contribution in [0.25, 0.3) is 0 Å². The van der Waals surface area contributed by atoms with Gasteiger partial charge in [0.1, 0.15) is 0 Å². The van der Waals surface area contributed by atoms with Gasteiger partial charge in [-0.3, -0.25) is 4.79 Å². The predicted octanol–water partition coefficient (Wildman–Crippen LogP) is 2.95. The van der Waals surface area contributed by atoms with Crippen LogP contribution in [0, 0.1) is 11.8 Å². The van der Waals surface area contributed by atoms with Crippen molar-refractivity contribution in [2.45, 2.75) is 25.7 Å². The Morgan fingerprint density at radius 3 is 2.70 bits per heavy atom. The van der Waals surface area contributed by atoms with E-state index in [1.807, 2.05) is 6.07 Å². The molecule has 20 heavy (non-hydrogen) atoms. The number of fused-ring (bicyclic) bond motifs is 2. The van der Waals surface area contributed by atoms with E-state index in [9.17, 15) is 4.79 Å². The van der Waals surface area contributed by atoms with Crippen molar-refractivity contribution < 1.29 is 4.79 Å². The molecule has 108 valence electrons. The van der Waals surface area contributed by atoms with Crippen LogP contribution < -0.4 is 5.32 Å². The summed E-state index contributed by atoms with van der Waals surface area (Å²) in [6.45, 7) is 2.97. The minimum Gasteiger partial charge on any atom is -0.384 e. The van der Waals surface area contributed by atoms with E-state index in [1.54, 1.807) is 0 Å². The smallest absolute Gasteiger partial charge is 0.253 e. The molecule has 1 saturated carbocycles. The first-order chi connectivity index (χ1) is 9.31. The Hall–Kier alpha value is -1.22. The van der Waals surface area contributed by atoms with E-state index >= 15 is 0 Å². The lowest BCUT2D eigenvalue weighted by Crippen LogP contribution is -2.29. The van der Waals surface area contributed by atoms with E-state index in [4.69, 9.17) is 0 Å². The van der Waals surface area contributed by atoms with Crippen molar-refractivity contribution in [1.82, 2.24) is 4.90 Å². The van der Waals surface area contributed by atoms with Gasteiger partial charge in [0.05, 0.1) is 0 Å². The highest BCUT2D eigenvalue weighted by molar-refractivity contribution is 5.95. The number of hydrogen-bond acceptors (Lipinski definition) is 2. The maximum atomic E-state index is 12.6. The molecule has 3 aliphatic rings. The zero-order valence-electron chi connectivity index (χ0n) is 11.6. The van der Waals surface area contributed by atoms with Crippen molar-refractivity contribution in [1.29, 1.82) is 0 Å². The summed E-state index contributed by atoms with van der Waals surface area (Å²) >= 11 is 0. The normalized spacial score (nSPS) is 26.7. The summed E-state index contributed by atoms with van der Waals surface area (Å²) in [5.41, 5.74) is 3.38. The second kappa shape index (κ2) is 5.28. The fourth-order valence-electron chi connectivity index (χ4n) is 4.02. The second-order valence-corrected chi connectivity index (χ2v) is 6.21. The largest absolute Gasteiger partial charge is 0.384 e. The zero-order chi connectivity index (χ0) is 12.8. The Bertz CT molecular complexity index is 519. The third-order valence-corrected chi connectivity index (χ3v) is 5.08. The van der Waals surface area contributed by atoms with Crippen LogP contribution in [0.5, 0.6) is 0 Å². The summed E-state index contributed by atoms with van der Waals surface area (Å²) in [4.78, 5) is 14.7. The van der Waals surface area contributed by atoms with Gasteiger partial charge in [0, 0.05) is 30.9 Å². The zero-order valence-corrected chi connectivity index (χ0v) is 12.4. The number of nitrogens with one attached hydrogen (secondary N) is 1. The topological polar surface area (TPSA) is 32.3 Å². The molecule has 0 radical (unpaired) electrons. The molecule has 1 aromatic carbocycles. The standard InChI is InChI=1S/C16H20N2O.ClH/c19-16(18-9-13-2-1-3-14(13)10-18)12-4-5-15-11(8-12)6-7-17-15;/h4-5,8,13-14,17H,1-3,6-7,9-10H2;1H. The third-order valence-electron chi connectivity index (χ3n) is 5.08. The van der Waals surface area contributed by atoms with Crippen molar-refractivity contribution in [2.75, 3.05) is 25.0 Å². The maximum absolute atomic E-state index is 12.6. The molecule has 2 aliphatic heterocycles. The molecule has 2 unspecified atom stereocenters. The summed E-state index contributed by atoms with van der Waals surface area (Å²) < 4.78 is 0. The Balaban J connectivity index is 0.00000121. The Kier molecular flexibility index (Phi) is 3.63. The number of amides is 1. The molecule has 1 N–H and O–H groups in total. The number of anilines is 1. The van der Waals surface area contributed by atoms with Crippen LogP contribution in [-0.4, -0.2) is 30.4 Å². The van der Waals surface area contributed by atoms with Gasteiger partial charge in [-0.2, -0.15) is 0 Å². The van der Waals surface area contributed by atoms with E-state index in [1.165, 1.54) is 30.5 Å². The van der Waals surface area contributed by atoms with Gasteiger partial charge in [0.2, 0.25) is 0 Å². The molecule has 3 nitrogen and oxygen atoms in total. The second-order valence-electron chi connectivity index (χ2n) is 6.21. The number of halogens is 1. The summed E-state index contributed by atoms with van der Waals surface area (Å²) in [7, 11) is 0. The van der Waals surface area contributed by atoms with E-state index in [-0.39, 0.29) is 18.3 Å². The average Bonchev–Trinajstić information content (AvgIpc) is 3.11. The molecular weight excluding hydrogens is 272 g/mol. The molecule has 2 fully saturated rings. The number of carbonyl (C=O) groups excluding carboxylic acids is 1. The van der Waals surface area contributed by atoms with Crippen LogP contribution in [0.2, 0.25) is 0 Å². The van der Waals surface area contributed by atoms with Crippen LogP contribution in [0.1, 0.15) is 35.2 Å². The highest BCUT2D eigenvalue weighted by atomic mass is 35.5. The first-order valence-corrected chi connectivity index (χ1v) is 7.47. The summed E-state index contributed by atoms with van der Waals surface area (Å²) in [6.07, 6.45) is 5.05. The van der Waals surface area contributed by atoms with Crippen molar-refractivity contribution in [3.63, 3.8) is 0 Å². The molecule has 1 amide bonds. The lowest BCUT2D eigenvalue weighted by atomic mass is 10.0. The molecule has 2 heterocycles. The molecule has 4 heteroatoms. The van der Waals surface area contributed by atoms with Crippen molar-refractivity contribution >= 4 is 24.0 Å². The quantitative estimate of drug-likeness (QED) is 0.863. The number of benzene rings is 1. The van der Waals surface area contributed by atoms with E-state index < -0.39 is 0 Å². The van der Waals surface area contributed by atoms with Crippen molar-refractivity contribution in [3.05, 3.63) is 29.3 Å². The minimum atomic E-state index is 0. The minimum absolute atomic E-state index is 0. The van der Waals surface area contributed by atoms with Crippen LogP contribution >= 0.6 is 12.4 Å². The number of hydrogen-bond donors (Lipinski definition) is 1. The molecule has 4 rings (SSSR count). The highest BCUT2D eigenvalue weighted by Crippen LogP contribution is 2.38. The Labute approximate surface area is 126 Å². The van der Waals surface area contributed by atoms with Gasteiger partial charge in [-0.25, -0.2) is 0 Å². The van der Waals surface area contributed by atoms with Crippen LogP contribution in [-0.2, 0) is 6.42 Å². The summed E-state index contributed by atoms with van der Waals surface area (Å²) in [5, 5.41) is 3.34. The fourth-order valence-corrected chi connectivity index (χ4v) is 4.02. The summed E-state index contributed by atoms with van der Waals surface area (Å²) in [5.74, 6) is 1.80. The molecule has 0 aromatic heterocycles. The van der Waals surface area contributed by atoms with Crippen LogP contribution in [0.15, 0.2) is 18.2 Å². The van der Waals surface area contributed by atoms with Crippen LogP contribution in [0.3, 0.4) is 0 Å². The number of nitrogens with zero attached hydrogens (tertiary/aromatic N) is 1. The van der Waals surface area contributed by atoms with Gasteiger partial charge in [-0.15, -0.1) is 12.4 Å². The molecule has 1 aromatic rings. The van der Waals surface area contributed by atoms with Gasteiger partial charge in [0.15, 0.2) is 0 Å². The number of likely N-dealkylation sites (tertiary alicyclic amines) is 1. The number of carbonyl (C=O) groups is 1. The molecule has 0 bridgehead atoms. The first kappa shape index (κ1) is 13.7. The molecule has 1 saturated heterocycles. The molecule has 1 aliphatic carbocycles. The lowest BCUT2D eigenvalue weighted by Gasteiger charge is -2.17. The van der Waals surface area contributed by atoms with E-state index in [0.29, 0.717) is 0 Å². The van der Waals surface area contributed by atoms with Gasteiger partial charge in [0.25, 0.3) is 5.91 Å². The van der Waals surface area contributed by atoms with Gasteiger partial charge in [-0.05, 0) is 54.9 Å². The highest BCUT2D eigenvalue weighted by Gasteiger charge is 2.38. The average molecular weight is 293 g/mol. The SMILES string of the molecule is Cl.O=C(c1ccc2c(c1)CCN2)N1CC2CCCC2C1. The van der Waals surface area contributed by atoms with Gasteiger partial charge >= 0.3 is 0 Å². The molecule has 0 spiro atoms. The van der Waals surface area contributed by atoms with Crippen molar-refractivity contribution in [2.24, 2.45) is 11.8 Å². The van der Waals surface area contributed by atoms with E-state index in [2.05, 4.69) is 22.3 Å². The Morgan fingerprint density at radius 1 is 1.20 bits per heavy atom. The van der Waals surface area contributed by atoms with Crippen LogP contribution in [0.4, 0.5) is 5.69 Å². The van der Waals surface area contributed by atoms with Crippen molar-refractivity contribution in [3.8, 4) is 0 Å². The van der Waals surface area contributed by atoms with E-state index in [0.717, 1.165) is 43.5 Å². The van der Waals surface area contributed by atoms with Gasteiger partial charge < -0.3 is 10.2 Å². The maximum Gasteiger partial charge on any atom is 0.253 e. The predicted molar refractivity (Wildman–Crippen MR) is 82.6 cm³/mol. The third kappa shape index (κ3) is 2.18. The fraction of sp³-hybridized carbons (Fsp3) is 0.562. The lowest BCUT2D eigenvalue weighted by molar-refractivity contribution is 0.0780.